The summed E-state index contributed by atoms with van der Waals surface area (Å²) >= 11 is 0. The van der Waals surface area contributed by atoms with Gasteiger partial charge in [0.05, 0.1) is 19.8 Å². The van der Waals surface area contributed by atoms with Gasteiger partial charge in [-0.3, -0.25) is 14.5 Å². The predicted octanol–water partition coefficient (Wildman–Crippen LogP) is 2.79. The van der Waals surface area contributed by atoms with Gasteiger partial charge in [0.1, 0.15) is 25.3 Å². The second-order valence-electron chi connectivity index (χ2n) is 10.1. The maximum atomic E-state index is 12.8. The Kier molecular flexibility index (Phi) is 11.3. The van der Waals surface area contributed by atoms with E-state index in [9.17, 15) is 19.5 Å². The third kappa shape index (κ3) is 9.60. The summed E-state index contributed by atoms with van der Waals surface area (Å²) in [6.07, 6.45) is 0.0101. The molecule has 0 aliphatic carbocycles. The minimum atomic E-state index is -1.21. The first kappa shape index (κ1) is 30.5. The summed E-state index contributed by atoms with van der Waals surface area (Å²) in [6.45, 7) is 4.71. The van der Waals surface area contributed by atoms with E-state index >= 15 is 0 Å². The highest BCUT2D eigenvalue weighted by Crippen LogP contribution is 2.30. The molecule has 1 aliphatic rings. The molecule has 1 saturated heterocycles. The SMILES string of the molecule is CC(NC(=O)CN1CCOCC1)C(=O)NC(Cc1ccc(OCc2ccccc2)c(OCc2ccccc2)c1)C(=O)O. The second kappa shape index (κ2) is 15.6. The number of benzene rings is 3. The van der Waals surface area contributed by atoms with Gasteiger partial charge in [0.15, 0.2) is 11.5 Å². The van der Waals surface area contributed by atoms with Crippen molar-refractivity contribution < 1.29 is 33.7 Å². The molecule has 1 aliphatic heterocycles. The maximum Gasteiger partial charge on any atom is 0.326 e. The van der Waals surface area contributed by atoms with E-state index in [1.54, 1.807) is 18.2 Å². The van der Waals surface area contributed by atoms with Gasteiger partial charge >= 0.3 is 5.97 Å². The van der Waals surface area contributed by atoms with Gasteiger partial charge in [0.25, 0.3) is 0 Å². The van der Waals surface area contributed by atoms with Crippen molar-refractivity contribution in [3.63, 3.8) is 0 Å². The number of nitrogens with one attached hydrogen (secondary N) is 2. The van der Waals surface area contributed by atoms with Crippen LogP contribution in [-0.2, 0) is 38.8 Å². The fourth-order valence-electron chi connectivity index (χ4n) is 4.43. The van der Waals surface area contributed by atoms with Crippen molar-refractivity contribution in [1.82, 2.24) is 15.5 Å². The maximum absolute atomic E-state index is 12.8. The number of morpholine rings is 1. The van der Waals surface area contributed by atoms with Crippen LogP contribution in [0.15, 0.2) is 78.9 Å². The van der Waals surface area contributed by atoms with Gasteiger partial charge in [0.2, 0.25) is 11.8 Å². The molecular weight excluding hydrogens is 538 g/mol. The van der Waals surface area contributed by atoms with Crippen LogP contribution in [0.1, 0.15) is 23.6 Å². The van der Waals surface area contributed by atoms with Gasteiger partial charge in [-0.15, -0.1) is 0 Å². The summed E-state index contributed by atoms with van der Waals surface area (Å²) < 4.78 is 17.4. The highest BCUT2D eigenvalue weighted by Gasteiger charge is 2.25. The van der Waals surface area contributed by atoms with Crippen LogP contribution >= 0.6 is 0 Å². The predicted molar refractivity (Wildman–Crippen MR) is 156 cm³/mol. The average Bonchev–Trinajstić information content (AvgIpc) is 3.00. The molecule has 3 aromatic rings. The first-order chi connectivity index (χ1) is 20.4. The lowest BCUT2D eigenvalue weighted by Gasteiger charge is -2.26. The summed E-state index contributed by atoms with van der Waals surface area (Å²) in [4.78, 5) is 39.2. The molecule has 2 atom stereocenters. The number of carboxylic acid groups (broad SMARTS) is 1. The van der Waals surface area contributed by atoms with Crippen molar-refractivity contribution in [1.29, 1.82) is 0 Å². The van der Waals surface area contributed by atoms with Gasteiger partial charge in [0, 0.05) is 19.5 Å². The van der Waals surface area contributed by atoms with Crippen LogP contribution in [0, 0.1) is 0 Å². The summed E-state index contributed by atoms with van der Waals surface area (Å²) in [7, 11) is 0. The molecule has 3 N–H and O–H groups in total. The summed E-state index contributed by atoms with van der Waals surface area (Å²) in [5.41, 5.74) is 2.61. The summed E-state index contributed by atoms with van der Waals surface area (Å²) in [5, 5.41) is 15.1. The van der Waals surface area contributed by atoms with Crippen LogP contribution in [0.4, 0.5) is 0 Å². The van der Waals surface area contributed by atoms with Crippen LogP contribution in [0.3, 0.4) is 0 Å². The first-order valence-electron chi connectivity index (χ1n) is 14.0. The molecule has 4 rings (SSSR count). The molecule has 222 valence electrons. The number of aliphatic carboxylic acids is 1. The minimum Gasteiger partial charge on any atom is -0.485 e. The molecule has 1 fully saturated rings. The van der Waals surface area contributed by atoms with E-state index in [2.05, 4.69) is 10.6 Å². The number of hydrogen-bond acceptors (Lipinski definition) is 7. The van der Waals surface area contributed by atoms with Crippen LogP contribution < -0.4 is 20.1 Å². The number of rotatable bonds is 14. The molecule has 42 heavy (non-hydrogen) atoms. The number of nitrogens with zero attached hydrogens (tertiary/aromatic N) is 1. The Balaban J connectivity index is 1.40. The number of carbonyl (C=O) groups is 3. The normalized spacial score (nSPS) is 14.8. The molecule has 0 spiro atoms. The fraction of sp³-hybridized carbons (Fsp3) is 0.344. The molecule has 0 bridgehead atoms. The Morgan fingerprint density at radius 3 is 2.02 bits per heavy atom. The van der Waals surface area contributed by atoms with Crippen LogP contribution in [0.25, 0.3) is 0 Å². The lowest BCUT2D eigenvalue weighted by molar-refractivity contribution is -0.142. The molecule has 2 unspecified atom stereocenters. The van der Waals surface area contributed by atoms with E-state index in [1.807, 2.05) is 65.6 Å². The Hall–Kier alpha value is -4.41. The fourth-order valence-corrected chi connectivity index (χ4v) is 4.43. The first-order valence-corrected chi connectivity index (χ1v) is 14.0. The van der Waals surface area contributed by atoms with E-state index in [0.717, 1.165) is 11.1 Å². The van der Waals surface area contributed by atoms with E-state index in [0.29, 0.717) is 56.6 Å². The highest BCUT2D eigenvalue weighted by atomic mass is 16.5. The lowest BCUT2D eigenvalue weighted by Crippen LogP contribution is -2.53. The van der Waals surface area contributed by atoms with Gasteiger partial charge in [-0.25, -0.2) is 4.79 Å². The van der Waals surface area contributed by atoms with Gasteiger partial charge < -0.3 is 30.0 Å². The monoisotopic (exact) mass is 575 g/mol. The molecule has 3 aromatic carbocycles. The topological polar surface area (TPSA) is 126 Å². The van der Waals surface area contributed by atoms with Crippen molar-refractivity contribution >= 4 is 17.8 Å². The molecule has 2 amide bonds. The van der Waals surface area contributed by atoms with E-state index in [4.69, 9.17) is 14.2 Å². The molecular formula is C32H37N3O7. The van der Waals surface area contributed by atoms with E-state index in [-0.39, 0.29) is 18.9 Å². The van der Waals surface area contributed by atoms with Gasteiger partial charge in [-0.2, -0.15) is 0 Å². The van der Waals surface area contributed by atoms with Crippen molar-refractivity contribution in [3.05, 3.63) is 95.6 Å². The number of carbonyl (C=O) groups excluding carboxylic acids is 2. The summed E-state index contributed by atoms with van der Waals surface area (Å²) in [5.74, 6) is -1.09. The minimum absolute atomic E-state index is 0.0101. The zero-order valence-corrected chi connectivity index (χ0v) is 23.7. The average molecular weight is 576 g/mol. The third-order valence-electron chi connectivity index (χ3n) is 6.78. The Bertz CT molecular complexity index is 1310. The van der Waals surface area contributed by atoms with Gasteiger partial charge in [-0.1, -0.05) is 66.7 Å². The zero-order chi connectivity index (χ0) is 29.7. The quantitative estimate of drug-likeness (QED) is 0.268. The van der Waals surface area contributed by atoms with Crippen LogP contribution in [-0.4, -0.2) is 72.7 Å². The van der Waals surface area contributed by atoms with E-state index in [1.165, 1.54) is 6.92 Å². The Morgan fingerprint density at radius 1 is 0.833 bits per heavy atom. The Morgan fingerprint density at radius 2 is 1.43 bits per heavy atom. The number of carboxylic acids is 1. The van der Waals surface area contributed by atoms with E-state index < -0.39 is 24.0 Å². The van der Waals surface area contributed by atoms with Crippen LogP contribution in [0.5, 0.6) is 11.5 Å². The van der Waals surface area contributed by atoms with Gasteiger partial charge in [-0.05, 0) is 35.7 Å². The smallest absolute Gasteiger partial charge is 0.326 e. The van der Waals surface area contributed by atoms with Crippen LogP contribution in [0.2, 0.25) is 0 Å². The number of amides is 2. The molecule has 10 heteroatoms. The number of ether oxygens (including phenoxy) is 3. The second-order valence-corrected chi connectivity index (χ2v) is 10.1. The molecule has 1 heterocycles. The molecule has 10 nitrogen and oxygen atoms in total. The van der Waals surface area contributed by atoms with Crippen molar-refractivity contribution in [2.75, 3.05) is 32.8 Å². The standard InChI is InChI=1S/C32H37N3O7/c1-23(33-30(36)20-35-14-16-40-17-15-35)31(37)34-27(32(38)39)18-26-12-13-28(41-21-24-8-4-2-5-9-24)29(19-26)42-22-25-10-6-3-7-11-25/h2-13,19,23,27H,14-18,20-22H2,1H3,(H,33,36)(H,34,37)(H,38,39). The number of hydrogen-bond donors (Lipinski definition) is 3. The molecule has 0 saturated carbocycles. The summed E-state index contributed by atoms with van der Waals surface area (Å²) in [6, 6.07) is 22.5. The largest absolute Gasteiger partial charge is 0.485 e. The van der Waals surface area contributed by atoms with Crippen molar-refractivity contribution in [2.24, 2.45) is 0 Å². The lowest BCUT2D eigenvalue weighted by atomic mass is 10.0. The molecule has 0 aromatic heterocycles. The zero-order valence-electron chi connectivity index (χ0n) is 23.7. The van der Waals surface area contributed by atoms with Crippen molar-refractivity contribution in [2.45, 2.75) is 38.6 Å². The highest BCUT2D eigenvalue weighted by molar-refractivity contribution is 5.90. The Labute approximate surface area is 245 Å². The van der Waals surface area contributed by atoms with Crippen molar-refractivity contribution in [3.8, 4) is 11.5 Å². The third-order valence-corrected chi connectivity index (χ3v) is 6.78. The molecule has 0 radical (unpaired) electrons.